The Morgan fingerprint density at radius 1 is 1.14 bits per heavy atom. The molecule has 0 aliphatic heterocycles. The fourth-order valence-electron chi connectivity index (χ4n) is 6.26. The minimum Gasteiger partial charge on any atom is -0.496 e. The van der Waals surface area contributed by atoms with Gasteiger partial charge < -0.3 is 10.1 Å². The van der Waals surface area contributed by atoms with Crippen molar-refractivity contribution >= 4 is 32.3 Å². The van der Waals surface area contributed by atoms with E-state index in [1.165, 1.54) is 48.1 Å². The van der Waals surface area contributed by atoms with Gasteiger partial charge in [0.05, 0.1) is 25.4 Å². The van der Waals surface area contributed by atoms with E-state index in [1.54, 1.807) is 29.3 Å². The van der Waals surface area contributed by atoms with Crippen LogP contribution in [0.25, 0.3) is 21.0 Å². The first-order chi connectivity index (χ1) is 18.1. The molecule has 6 rings (SSSR count). The molecule has 2 aliphatic carbocycles. The molecule has 0 spiro atoms. The summed E-state index contributed by atoms with van der Waals surface area (Å²) < 4.78 is 7.43. The normalized spacial score (nSPS) is 20.2. The number of ether oxygens (including phenoxy) is 1. The standard InChI is InChI=1S/C31H35N3O2S/c1-20-7-3-4-8-21(15-20)17-32-23-12-13-25-28(16-23)37-30-29(25)31(35)34(19-33-30)18-26-24-10-6-5-9-22(24)11-14-27(26)36-2/h5-6,9-11,14,19,21,23,32H,1,3-4,7-8,12-13,15-18H2,2H3. The largest absolute Gasteiger partial charge is 0.496 e. The molecular weight excluding hydrogens is 478 g/mol. The molecule has 2 atom stereocenters. The lowest BCUT2D eigenvalue weighted by Gasteiger charge is -2.26. The fraction of sp³-hybridized carbons (Fsp3) is 0.419. The topological polar surface area (TPSA) is 56.1 Å². The quantitative estimate of drug-likeness (QED) is 0.245. The molecule has 0 amide bonds. The minimum atomic E-state index is 0.0564. The van der Waals surface area contributed by atoms with Crippen LogP contribution in [-0.4, -0.2) is 29.2 Å². The van der Waals surface area contributed by atoms with Gasteiger partial charge in [0.1, 0.15) is 10.6 Å². The Labute approximate surface area is 222 Å². The van der Waals surface area contributed by atoms with Gasteiger partial charge in [0.15, 0.2) is 0 Å². The van der Waals surface area contributed by atoms with Crippen molar-refractivity contribution in [3.8, 4) is 5.75 Å². The summed E-state index contributed by atoms with van der Waals surface area (Å²) in [4.78, 5) is 20.7. The number of aromatic nitrogens is 2. The van der Waals surface area contributed by atoms with Crippen molar-refractivity contribution in [2.45, 2.75) is 64.0 Å². The van der Waals surface area contributed by atoms with E-state index in [1.807, 2.05) is 18.2 Å². The Bertz CT molecular complexity index is 1520. The van der Waals surface area contributed by atoms with Crippen LogP contribution in [0.1, 0.15) is 54.5 Å². The molecule has 2 unspecified atom stereocenters. The monoisotopic (exact) mass is 513 g/mol. The van der Waals surface area contributed by atoms with Crippen LogP contribution >= 0.6 is 11.3 Å². The molecule has 6 heteroatoms. The lowest BCUT2D eigenvalue weighted by molar-refractivity contribution is 0.385. The van der Waals surface area contributed by atoms with Gasteiger partial charge in [-0.15, -0.1) is 11.3 Å². The van der Waals surface area contributed by atoms with Crippen LogP contribution < -0.4 is 15.6 Å². The molecule has 2 aromatic heterocycles. The predicted molar refractivity (Wildman–Crippen MR) is 153 cm³/mol. The first-order valence-corrected chi connectivity index (χ1v) is 14.4. The van der Waals surface area contributed by atoms with E-state index >= 15 is 0 Å². The highest BCUT2D eigenvalue weighted by molar-refractivity contribution is 7.18. The summed E-state index contributed by atoms with van der Waals surface area (Å²) in [5.41, 5.74) is 3.71. The molecule has 2 aliphatic rings. The van der Waals surface area contributed by atoms with Crippen molar-refractivity contribution < 1.29 is 4.74 Å². The molecule has 1 fully saturated rings. The van der Waals surface area contributed by atoms with Crippen molar-refractivity contribution in [1.82, 2.24) is 14.9 Å². The fourth-order valence-corrected chi connectivity index (χ4v) is 7.51. The van der Waals surface area contributed by atoms with Crippen molar-refractivity contribution in [3.05, 3.63) is 81.2 Å². The number of allylic oxidation sites excluding steroid dienone is 1. The maximum atomic E-state index is 13.7. The zero-order chi connectivity index (χ0) is 25.4. The molecule has 0 radical (unpaired) electrons. The van der Waals surface area contributed by atoms with Gasteiger partial charge in [-0.1, -0.05) is 48.9 Å². The molecule has 192 valence electrons. The van der Waals surface area contributed by atoms with Crippen LogP contribution in [0.5, 0.6) is 5.75 Å². The number of aryl methyl sites for hydroxylation is 1. The van der Waals surface area contributed by atoms with Gasteiger partial charge in [0, 0.05) is 16.5 Å². The van der Waals surface area contributed by atoms with Crippen molar-refractivity contribution in [1.29, 1.82) is 0 Å². The predicted octanol–water partition coefficient (Wildman–Crippen LogP) is 6.25. The number of thiophene rings is 1. The van der Waals surface area contributed by atoms with Crippen LogP contribution in [0.2, 0.25) is 0 Å². The number of methoxy groups -OCH3 is 1. The van der Waals surface area contributed by atoms with E-state index in [4.69, 9.17) is 9.72 Å². The third-order valence-corrected chi connectivity index (χ3v) is 9.41. The molecule has 37 heavy (non-hydrogen) atoms. The van der Waals surface area contributed by atoms with Crippen LogP contribution in [0.3, 0.4) is 0 Å². The second kappa shape index (κ2) is 10.4. The van der Waals surface area contributed by atoms with Gasteiger partial charge in [-0.05, 0) is 79.8 Å². The average Bonchev–Trinajstić information content (AvgIpc) is 3.16. The van der Waals surface area contributed by atoms with Gasteiger partial charge >= 0.3 is 0 Å². The second-order valence-electron chi connectivity index (χ2n) is 10.7. The molecule has 2 heterocycles. The number of benzene rings is 2. The van der Waals surface area contributed by atoms with Gasteiger partial charge in [-0.2, -0.15) is 0 Å². The zero-order valence-corrected chi connectivity index (χ0v) is 22.4. The highest BCUT2D eigenvalue weighted by Gasteiger charge is 2.26. The molecule has 5 nitrogen and oxygen atoms in total. The van der Waals surface area contributed by atoms with Gasteiger partial charge in [-0.25, -0.2) is 4.98 Å². The van der Waals surface area contributed by atoms with E-state index in [0.717, 1.165) is 58.1 Å². The maximum Gasteiger partial charge on any atom is 0.262 e. The lowest BCUT2D eigenvalue weighted by atomic mass is 9.92. The number of rotatable bonds is 6. The Morgan fingerprint density at radius 3 is 2.92 bits per heavy atom. The Morgan fingerprint density at radius 2 is 2.03 bits per heavy atom. The number of nitrogens with zero attached hydrogens (tertiary/aromatic N) is 2. The molecule has 1 N–H and O–H groups in total. The third kappa shape index (κ3) is 4.85. The summed E-state index contributed by atoms with van der Waals surface area (Å²) >= 11 is 1.70. The second-order valence-corrected chi connectivity index (χ2v) is 11.8. The minimum absolute atomic E-state index is 0.0564. The van der Waals surface area contributed by atoms with Gasteiger partial charge in [0.25, 0.3) is 5.56 Å². The summed E-state index contributed by atoms with van der Waals surface area (Å²) in [5, 5.41) is 6.92. The third-order valence-electron chi connectivity index (χ3n) is 8.25. The molecule has 2 aromatic carbocycles. The van der Waals surface area contributed by atoms with Crippen LogP contribution in [0.15, 0.2) is 59.7 Å². The highest BCUT2D eigenvalue weighted by Crippen LogP contribution is 2.35. The molecule has 0 bridgehead atoms. The maximum absolute atomic E-state index is 13.7. The van der Waals surface area contributed by atoms with Crippen molar-refractivity contribution in [3.63, 3.8) is 0 Å². The summed E-state index contributed by atoms with van der Waals surface area (Å²) in [6, 6.07) is 12.8. The molecule has 0 saturated heterocycles. The smallest absolute Gasteiger partial charge is 0.262 e. The zero-order valence-electron chi connectivity index (χ0n) is 21.6. The van der Waals surface area contributed by atoms with Gasteiger partial charge in [-0.3, -0.25) is 9.36 Å². The summed E-state index contributed by atoms with van der Waals surface area (Å²) in [5.74, 6) is 1.50. The Hall–Kier alpha value is -2.96. The molecular formula is C31H35N3O2S. The van der Waals surface area contributed by atoms with E-state index < -0.39 is 0 Å². The van der Waals surface area contributed by atoms with Crippen molar-refractivity contribution in [2.24, 2.45) is 5.92 Å². The van der Waals surface area contributed by atoms with E-state index in [9.17, 15) is 4.79 Å². The van der Waals surface area contributed by atoms with Gasteiger partial charge in [0.2, 0.25) is 0 Å². The van der Waals surface area contributed by atoms with E-state index in [-0.39, 0.29) is 5.56 Å². The Kier molecular flexibility index (Phi) is 6.87. The number of nitrogens with one attached hydrogen (secondary N) is 1. The number of hydrogen-bond donors (Lipinski definition) is 1. The highest BCUT2D eigenvalue weighted by atomic mass is 32.1. The SMILES string of the molecule is C=C1CCCCC(CNC2CCc3c(sc4ncn(Cc5c(OC)ccc6ccccc56)c(=O)c34)C2)C1. The first-order valence-electron chi connectivity index (χ1n) is 13.5. The first kappa shape index (κ1) is 24.4. The number of fused-ring (bicyclic) bond motifs is 4. The number of hydrogen-bond acceptors (Lipinski definition) is 5. The Balaban J connectivity index is 1.24. The summed E-state index contributed by atoms with van der Waals surface area (Å²) in [6.45, 7) is 5.78. The van der Waals surface area contributed by atoms with Crippen molar-refractivity contribution in [2.75, 3.05) is 13.7 Å². The van der Waals surface area contributed by atoms with Crippen LogP contribution in [-0.2, 0) is 19.4 Å². The summed E-state index contributed by atoms with van der Waals surface area (Å²) in [7, 11) is 1.68. The lowest BCUT2D eigenvalue weighted by Crippen LogP contribution is -2.37. The van der Waals surface area contributed by atoms with E-state index in [2.05, 4.69) is 30.1 Å². The van der Waals surface area contributed by atoms with E-state index in [0.29, 0.717) is 18.5 Å². The molecule has 4 aromatic rings. The summed E-state index contributed by atoms with van der Waals surface area (Å²) in [6.07, 6.45) is 11.0. The van der Waals surface area contributed by atoms with Crippen LogP contribution in [0, 0.1) is 5.92 Å². The van der Waals surface area contributed by atoms with Crippen LogP contribution in [0.4, 0.5) is 0 Å². The average molecular weight is 514 g/mol. The molecule has 1 saturated carbocycles.